The van der Waals surface area contributed by atoms with Crippen molar-refractivity contribution in [3.05, 3.63) is 33.5 Å². The van der Waals surface area contributed by atoms with Crippen LogP contribution in [-0.2, 0) is 12.8 Å². The second-order valence-corrected chi connectivity index (χ2v) is 13.0. The molecule has 0 radical (unpaired) electrons. The molecule has 0 spiro atoms. The van der Waals surface area contributed by atoms with Crippen LogP contribution in [0.25, 0.3) is 9.75 Å². The average Bonchev–Trinajstić information content (AvgIpc) is 3.48. The van der Waals surface area contributed by atoms with Gasteiger partial charge in [0.1, 0.15) is 0 Å². The van der Waals surface area contributed by atoms with Crippen molar-refractivity contribution in [2.24, 2.45) is 0 Å². The number of unbranched alkanes of at least 4 members (excludes halogenated alkanes) is 18. The second-order valence-electron chi connectivity index (χ2n) is 10.9. The molecule has 0 saturated heterocycles. The van der Waals surface area contributed by atoms with Crippen LogP contribution in [-0.4, -0.2) is 0 Å². The lowest BCUT2D eigenvalue weighted by Crippen LogP contribution is -1.86. The molecular formula is C33H56S2. The van der Waals surface area contributed by atoms with E-state index in [0.29, 0.717) is 0 Å². The molecule has 0 unspecified atom stereocenters. The molecule has 0 aliphatic heterocycles. The van der Waals surface area contributed by atoms with Crippen LogP contribution in [0.4, 0.5) is 0 Å². The summed E-state index contributed by atoms with van der Waals surface area (Å²) < 4.78 is 0. The van der Waals surface area contributed by atoms with Crippen LogP contribution in [0, 0.1) is 6.92 Å². The van der Waals surface area contributed by atoms with Crippen molar-refractivity contribution in [2.45, 2.75) is 162 Å². The molecule has 0 amide bonds. The molecule has 0 nitrogen and oxygen atoms in total. The Morgan fingerprint density at radius 2 is 0.971 bits per heavy atom. The Labute approximate surface area is 227 Å². The van der Waals surface area contributed by atoms with E-state index in [-0.39, 0.29) is 0 Å². The van der Waals surface area contributed by atoms with E-state index >= 15 is 0 Å². The van der Waals surface area contributed by atoms with Crippen LogP contribution in [0.15, 0.2) is 17.5 Å². The molecule has 0 atom stereocenters. The molecule has 0 N–H and O–H groups in total. The summed E-state index contributed by atoms with van der Waals surface area (Å²) in [7, 11) is 0. The Bertz CT molecular complexity index is 738. The molecular weight excluding hydrogens is 460 g/mol. The molecule has 0 fully saturated rings. The molecule has 2 aromatic heterocycles. The van der Waals surface area contributed by atoms with E-state index < -0.39 is 0 Å². The number of thiophene rings is 2. The fourth-order valence-electron chi connectivity index (χ4n) is 5.14. The molecule has 200 valence electrons. The zero-order valence-electron chi connectivity index (χ0n) is 23.6. The third kappa shape index (κ3) is 14.1. The van der Waals surface area contributed by atoms with E-state index in [4.69, 9.17) is 0 Å². The van der Waals surface area contributed by atoms with Gasteiger partial charge < -0.3 is 0 Å². The lowest BCUT2D eigenvalue weighted by molar-refractivity contribution is 0.556. The minimum Gasteiger partial charge on any atom is -0.143 e. The minimum absolute atomic E-state index is 1.27. The van der Waals surface area contributed by atoms with Gasteiger partial charge in [-0.05, 0) is 61.2 Å². The van der Waals surface area contributed by atoms with Crippen LogP contribution in [0.1, 0.15) is 158 Å². The van der Waals surface area contributed by atoms with E-state index in [2.05, 4.69) is 38.3 Å². The van der Waals surface area contributed by atoms with Gasteiger partial charge in [-0.15, -0.1) is 22.7 Å². The van der Waals surface area contributed by atoms with Gasteiger partial charge in [-0.25, -0.2) is 0 Å². The monoisotopic (exact) mass is 516 g/mol. The lowest BCUT2D eigenvalue weighted by Gasteiger charge is -2.02. The Kier molecular flexibility index (Phi) is 17.9. The summed E-state index contributed by atoms with van der Waals surface area (Å²) in [5.74, 6) is 0. The molecule has 0 aromatic carbocycles. The topological polar surface area (TPSA) is 0 Å². The van der Waals surface area contributed by atoms with Crippen LogP contribution in [0.2, 0.25) is 0 Å². The summed E-state index contributed by atoms with van der Waals surface area (Å²) in [5.41, 5.74) is 3.17. The van der Waals surface area contributed by atoms with Crippen LogP contribution in [0.5, 0.6) is 0 Å². The molecule has 35 heavy (non-hydrogen) atoms. The zero-order valence-corrected chi connectivity index (χ0v) is 25.2. The number of aryl methyl sites for hydroxylation is 3. The first-order chi connectivity index (χ1) is 17.2. The van der Waals surface area contributed by atoms with Gasteiger partial charge >= 0.3 is 0 Å². The van der Waals surface area contributed by atoms with E-state index in [1.54, 1.807) is 16.0 Å². The molecule has 0 saturated carbocycles. The maximum atomic E-state index is 2.50. The van der Waals surface area contributed by atoms with Crippen molar-refractivity contribution in [3.8, 4) is 9.75 Å². The Morgan fingerprint density at radius 1 is 0.514 bits per heavy atom. The molecule has 2 aromatic rings. The number of hydrogen-bond donors (Lipinski definition) is 0. The first-order valence-corrected chi connectivity index (χ1v) is 17.1. The van der Waals surface area contributed by atoms with Gasteiger partial charge in [0.15, 0.2) is 0 Å². The second kappa shape index (κ2) is 20.5. The first-order valence-electron chi connectivity index (χ1n) is 15.4. The number of hydrogen-bond acceptors (Lipinski definition) is 2. The van der Waals surface area contributed by atoms with Crippen LogP contribution in [0.3, 0.4) is 0 Å². The summed E-state index contributed by atoms with van der Waals surface area (Å²) in [6, 6.07) is 4.98. The number of rotatable bonds is 23. The van der Waals surface area contributed by atoms with Crippen molar-refractivity contribution in [1.29, 1.82) is 0 Å². The van der Waals surface area contributed by atoms with Gasteiger partial charge in [-0.3, -0.25) is 0 Å². The maximum Gasteiger partial charge on any atom is 0.0448 e. The first kappa shape index (κ1) is 30.6. The molecule has 2 rings (SSSR count). The third-order valence-corrected chi connectivity index (χ3v) is 9.80. The van der Waals surface area contributed by atoms with Gasteiger partial charge in [-0.1, -0.05) is 129 Å². The van der Waals surface area contributed by atoms with Gasteiger partial charge in [-0.2, -0.15) is 0 Å². The summed E-state index contributed by atoms with van der Waals surface area (Å²) >= 11 is 3.98. The highest BCUT2D eigenvalue weighted by atomic mass is 32.1. The van der Waals surface area contributed by atoms with Gasteiger partial charge in [0.05, 0.1) is 0 Å². The normalized spacial score (nSPS) is 11.5. The molecule has 2 heteroatoms. The molecule has 2 heterocycles. The third-order valence-electron chi connectivity index (χ3n) is 7.54. The summed E-state index contributed by atoms with van der Waals surface area (Å²) in [6.45, 7) is 6.93. The van der Waals surface area contributed by atoms with Crippen molar-refractivity contribution in [3.63, 3.8) is 0 Å². The van der Waals surface area contributed by atoms with E-state index in [9.17, 15) is 0 Å². The van der Waals surface area contributed by atoms with E-state index in [1.165, 1.54) is 151 Å². The fraction of sp³-hybridized carbons (Fsp3) is 0.758. The van der Waals surface area contributed by atoms with Gasteiger partial charge in [0.25, 0.3) is 0 Å². The van der Waals surface area contributed by atoms with Crippen molar-refractivity contribution in [2.75, 3.05) is 0 Å². The Balaban J connectivity index is 1.56. The fourth-order valence-corrected chi connectivity index (χ4v) is 7.26. The highest BCUT2D eigenvalue weighted by molar-refractivity contribution is 7.21. The van der Waals surface area contributed by atoms with Crippen LogP contribution >= 0.6 is 22.7 Å². The Hall–Kier alpha value is -0.600. The van der Waals surface area contributed by atoms with E-state index in [1.807, 2.05) is 22.7 Å². The van der Waals surface area contributed by atoms with Gasteiger partial charge in [0, 0.05) is 14.6 Å². The highest BCUT2D eigenvalue weighted by Gasteiger charge is 2.10. The summed E-state index contributed by atoms with van der Waals surface area (Å²) in [6.07, 6.45) is 31.0. The molecule has 0 aliphatic rings. The highest BCUT2D eigenvalue weighted by Crippen LogP contribution is 2.36. The largest absolute Gasteiger partial charge is 0.143 e. The average molecular weight is 517 g/mol. The molecule has 0 bridgehead atoms. The van der Waals surface area contributed by atoms with Crippen LogP contribution < -0.4 is 0 Å². The minimum atomic E-state index is 1.27. The summed E-state index contributed by atoms with van der Waals surface area (Å²) in [5, 5.41) is 2.42. The van der Waals surface area contributed by atoms with Crippen molar-refractivity contribution >= 4 is 22.7 Å². The Morgan fingerprint density at radius 3 is 1.49 bits per heavy atom. The predicted octanol–water partition coefficient (Wildman–Crippen LogP) is 12.7. The maximum absolute atomic E-state index is 2.50. The predicted molar refractivity (Wildman–Crippen MR) is 163 cm³/mol. The quantitative estimate of drug-likeness (QED) is 0.129. The SMILES string of the molecule is CCCCCCCCCCCCc1csc(-c2cc(CCCCCCCCCCCC)c(C)s2)c1. The van der Waals surface area contributed by atoms with Gasteiger partial charge in [0.2, 0.25) is 0 Å². The van der Waals surface area contributed by atoms with Crippen molar-refractivity contribution < 1.29 is 0 Å². The smallest absolute Gasteiger partial charge is 0.0448 e. The van der Waals surface area contributed by atoms with E-state index in [0.717, 1.165) is 0 Å². The molecule has 0 aliphatic carbocycles. The van der Waals surface area contributed by atoms with Crippen molar-refractivity contribution in [1.82, 2.24) is 0 Å². The summed E-state index contributed by atoms with van der Waals surface area (Å²) in [4.78, 5) is 4.54. The standard InChI is InChI=1S/C33H56S2/c1-4-6-8-10-12-14-16-18-20-22-24-30-26-32(34-28-30)33-27-31(29(3)35-33)25-23-21-19-17-15-13-11-9-7-5-2/h26-28H,4-25H2,1-3H3. The lowest BCUT2D eigenvalue weighted by atomic mass is 10.0. The zero-order chi connectivity index (χ0) is 25.0.